The highest BCUT2D eigenvalue weighted by atomic mass is 16.7. The Kier molecular flexibility index (Phi) is 2.60. The molecule has 2 amide bonds. The van der Waals surface area contributed by atoms with E-state index in [0.29, 0.717) is 10.8 Å². The quantitative estimate of drug-likeness (QED) is 0.766. The summed E-state index contributed by atoms with van der Waals surface area (Å²) in [4.78, 5) is 40.7. The van der Waals surface area contributed by atoms with Gasteiger partial charge in [-0.3, -0.25) is 9.59 Å². The maximum Gasteiger partial charge on any atom is 0.369 e. The molecule has 2 aromatic rings. The van der Waals surface area contributed by atoms with Crippen LogP contribution in [-0.2, 0) is 4.84 Å². The zero-order valence-corrected chi connectivity index (χ0v) is 10.3. The standard InChI is InChI=1S/C13H8N2O5/c1-7-10(6-19-14-7)13(18)20-15-11(16)8-4-2-3-5-9(8)12(15)17/h2-6H,1H3. The highest BCUT2D eigenvalue weighted by Crippen LogP contribution is 2.23. The fraction of sp³-hybridized carbons (Fsp3) is 0.0769. The highest BCUT2D eigenvalue weighted by Gasteiger charge is 2.39. The monoisotopic (exact) mass is 272 g/mol. The number of hydroxylamine groups is 2. The van der Waals surface area contributed by atoms with Gasteiger partial charge >= 0.3 is 5.97 Å². The van der Waals surface area contributed by atoms with Crippen molar-refractivity contribution in [2.45, 2.75) is 6.92 Å². The van der Waals surface area contributed by atoms with Crippen molar-refractivity contribution in [2.24, 2.45) is 0 Å². The molecule has 1 aromatic heterocycles. The lowest BCUT2D eigenvalue weighted by molar-refractivity contribution is -0.0585. The van der Waals surface area contributed by atoms with Gasteiger partial charge in [0, 0.05) is 0 Å². The molecule has 1 aliphatic heterocycles. The number of hydrogen-bond donors (Lipinski definition) is 0. The molecule has 0 spiro atoms. The van der Waals surface area contributed by atoms with Gasteiger partial charge in [-0.1, -0.05) is 22.4 Å². The molecule has 20 heavy (non-hydrogen) atoms. The molecule has 1 aliphatic rings. The highest BCUT2D eigenvalue weighted by molar-refractivity contribution is 6.21. The van der Waals surface area contributed by atoms with Crippen molar-refractivity contribution in [2.75, 3.05) is 0 Å². The molecule has 0 bridgehead atoms. The molecule has 7 nitrogen and oxygen atoms in total. The molecular formula is C13H8N2O5. The molecule has 0 fully saturated rings. The van der Waals surface area contributed by atoms with E-state index in [2.05, 4.69) is 9.68 Å². The maximum atomic E-state index is 12.0. The summed E-state index contributed by atoms with van der Waals surface area (Å²) < 4.78 is 4.61. The van der Waals surface area contributed by atoms with Crippen molar-refractivity contribution in [3.8, 4) is 0 Å². The summed E-state index contributed by atoms with van der Waals surface area (Å²) in [5, 5.41) is 3.97. The van der Waals surface area contributed by atoms with Gasteiger partial charge in [-0.2, -0.15) is 0 Å². The van der Waals surface area contributed by atoms with Crippen LogP contribution in [0.15, 0.2) is 35.1 Å². The Morgan fingerprint density at radius 2 is 1.80 bits per heavy atom. The molecular weight excluding hydrogens is 264 g/mol. The SMILES string of the molecule is Cc1nocc1C(=O)ON1C(=O)c2ccccc2C1=O. The van der Waals surface area contributed by atoms with Crippen molar-refractivity contribution in [1.29, 1.82) is 0 Å². The van der Waals surface area contributed by atoms with Crippen molar-refractivity contribution in [3.63, 3.8) is 0 Å². The van der Waals surface area contributed by atoms with Gasteiger partial charge in [-0.15, -0.1) is 0 Å². The smallest absolute Gasteiger partial charge is 0.364 e. The minimum absolute atomic E-state index is 0.0570. The van der Waals surface area contributed by atoms with Gasteiger partial charge in [0.2, 0.25) is 0 Å². The fourth-order valence-corrected chi connectivity index (χ4v) is 1.87. The summed E-state index contributed by atoms with van der Waals surface area (Å²) in [5.41, 5.74) is 0.771. The molecule has 100 valence electrons. The average Bonchev–Trinajstić information content (AvgIpc) is 2.97. The van der Waals surface area contributed by atoms with Crippen LogP contribution in [0.1, 0.15) is 36.8 Å². The number of carbonyl (C=O) groups excluding carboxylic acids is 3. The summed E-state index contributed by atoms with van der Waals surface area (Å²) >= 11 is 0. The summed E-state index contributed by atoms with van der Waals surface area (Å²) in [6.45, 7) is 1.54. The number of benzene rings is 1. The first-order chi connectivity index (χ1) is 9.59. The van der Waals surface area contributed by atoms with Gasteiger partial charge in [0.05, 0.1) is 16.8 Å². The third-order valence-corrected chi connectivity index (χ3v) is 2.90. The molecule has 0 aliphatic carbocycles. The third-order valence-electron chi connectivity index (χ3n) is 2.90. The number of nitrogens with zero attached hydrogens (tertiary/aromatic N) is 2. The number of hydrogen-bond acceptors (Lipinski definition) is 6. The van der Waals surface area contributed by atoms with Crippen molar-refractivity contribution in [1.82, 2.24) is 10.2 Å². The second-order valence-corrected chi connectivity index (χ2v) is 4.14. The largest absolute Gasteiger partial charge is 0.369 e. The van der Waals surface area contributed by atoms with E-state index >= 15 is 0 Å². The van der Waals surface area contributed by atoms with Crippen LogP contribution < -0.4 is 0 Å². The topological polar surface area (TPSA) is 89.7 Å². The Labute approximate surface area is 112 Å². The number of rotatable bonds is 2. The molecule has 0 saturated heterocycles. The van der Waals surface area contributed by atoms with Crippen LogP contribution in [0.25, 0.3) is 0 Å². The first kappa shape index (κ1) is 12.1. The summed E-state index contributed by atoms with van der Waals surface area (Å²) in [7, 11) is 0. The van der Waals surface area contributed by atoms with Crippen LogP contribution >= 0.6 is 0 Å². The molecule has 7 heteroatoms. The molecule has 0 atom stereocenters. The van der Waals surface area contributed by atoms with Gasteiger partial charge < -0.3 is 9.36 Å². The predicted octanol–water partition coefficient (Wildman–Crippen LogP) is 1.35. The van der Waals surface area contributed by atoms with Crippen LogP contribution in [0.3, 0.4) is 0 Å². The molecule has 0 saturated carbocycles. The Morgan fingerprint density at radius 1 is 1.20 bits per heavy atom. The van der Waals surface area contributed by atoms with Crippen LogP contribution in [0.2, 0.25) is 0 Å². The molecule has 0 radical (unpaired) electrons. The normalized spacial score (nSPS) is 13.6. The zero-order valence-electron chi connectivity index (χ0n) is 10.3. The Balaban J connectivity index is 1.87. The van der Waals surface area contributed by atoms with Gasteiger partial charge in [0.25, 0.3) is 11.8 Å². The predicted molar refractivity (Wildman–Crippen MR) is 63.6 cm³/mol. The number of carbonyl (C=O) groups is 3. The van der Waals surface area contributed by atoms with Gasteiger partial charge in [-0.25, -0.2) is 4.79 Å². The van der Waals surface area contributed by atoms with Crippen LogP contribution in [0.5, 0.6) is 0 Å². The average molecular weight is 272 g/mol. The van der Waals surface area contributed by atoms with Crippen LogP contribution in [-0.4, -0.2) is 28.0 Å². The van der Waals surface area contributed by atoms with Crippen molar-refractivity contribution >= 4 is 17.8 Å². The summed E-state index contributed by atoms with van der Waals surface area (Å²) in [5.74, 6) is -2.22. The van der Waals surface area contributed by atoms with E-state index in [0.717, 1.165) is 6.26 Å². The third kappa shape index (κ3) is 1.68. The summed E-state index contributed by atoms with van der Waals surface area (Å²) in [6, 6.07) is 6.24. The molecule has 0 N–H and O–H groups in total. The van der Waals surface area contributed by atoms with E-state index < -0.39 is 17.8 Å². The van der Waals surface area contributed by atoms with E-state index in [4.69, 9.17) is 4.84 Å². The number of amides is 2. The van der Waals surface area contributed by atoms with Crippen LogP contribution in [0.4, 0.5) is 0 Å². The zero-order chi connectivity index (χ0) is 14.3. The second kappa shape index (κ2) is 4.30. The second-order valence-electron chi connectivity index (χ2n) is 4.14. The Morgan fingerprint density at radius 3 is 2.30 bits per heavy atom. The number of imide groups is 1. The first-order valence-corrected chi connectivity index (χ1v) is 5.70. The van der Waals surface area contributed by atoms with Gasteiger partial charge in [0.15, 0.2) is 0 Å². The number of aromatic nitrogens is 1. The minimum Gasteiger partial charge on any atom is -0.364 e. The molecule has 3 rings (SSSR count). The Hall–Kier alpha value is -2.96. The minimum atomic E-state index is -0.877. The lowest BCUT2D eigenvalue weighted by Crippen LogP contribution is -2.32. The summed E-state index contributed by atoms with van der Waals surface area (Å²) in [6.07, 6.45) is 1.09. The maximum absolute atomic E-state index is 12.0. The lowest BCUT2D eigenvalue weighted by atomic mass is 10.1. The Bertz CT molecular complexity index is 699. The van der Waals surface area contributed by atoms with Crippen molar-refractivity contribution < 1.29 is 23.7 Å². The first-order valence-electron chi connectivity index (χ1n) is 5.70. The number of aryl methyl sites for hydroxylation is 1. The van der Waals surface area contributed by atoms with Gasteiger partial charge in [-0.05, 0) is 19.1 Å². The molecule has 1 aromatic carbocycles. The fourth-order valence-electron chi connectivity index (χ4n) is 1.87. The van der Waals surface area contributed by atoms with E-state index in [9.17, 15) is 14.4 Å². The van der Waals surface area contributed by atoms with E-state index in [1.165, 1.54) is 12.1 Å². The van der Waals surface area contributed by atoms with E-state index in [-0.39, 0.29) is 16.7 Å². The molecule has 0 unspecified atom stereocenters. The van der Waals surface area contributed by atoms with Gasteiger partial charge in [0.1, 0.15) is 11.8 Å². The number of fused-ring (bicyclic) bond motifs is 1. The van der Waals surface area contributed by atoms with Crippen molar-refractivity contribution in [3.05, 3.63) is 52.9 Å². The molecule has 2 heterocycles. The van der Waals surface area contributed by atoms with E-state index in [1.54, 1.807) is 19.1 Å². The van der Waals surface area contributed by atoms with Crippen LogP contribution in [0, 0.1) is 6.92 Å². The lowest BCUT2D eigenvalue weighted by Gasteiger charge is -2.11. The van der Waals surface area contributed by atoms with E-state index in [1.807, 2.05) is 0 Å².